The summed E-state index contributed by atoms with van der Waals surface area (Å²) >= 11 is 0. The Morgan fingerprint density at radius 1 is 1.35 bits per heavy atom. The van der Waals surface area contributed by atoms with Gasteiger partial charge in [-0.05, 0) is 25.4 Å². The third-order valence-electron chi connectivity index (χ3n) is 2.81. The average Bonchev–Trinajstić information content (AvgIpc) is 2.26. The zero-order valence-electron chi connectivity index (χ0n) is 11.6. The van der Waals surface area contributed by atoms with Gasteiger partial charge in [-0.15, -0.1) is 0 Å². The Kier molecular flexibility index (Phi) is 6.09. The second-order valence-electron chi connectivity index (χ2n) is 5.44. The van der Waals surface area contributed by atoms with E-state index in [9.17, 15) is 9.90 Å². The van der Waals surface area contributed by atoms with Crippen LogP contribution in [0.4, 0.5) is 0 Å². The summed E-state index contributed by atoms with van der Waals surface area (Å²) in [4.78, 5) is 13.4. The SMILES string of the molecule is CCN(CC(C)(C)CN)CC(C)(O)C(=O)OC. The number of likely N-dealkylation sites (N-methyl/N-ethyl adjacent to an activating group) is 1. The van der Waals surface area contributed by atoms with Crippen molar-refractivity contribution in [2.75, 3.05) is 33.3 Å². The first-order chi connectivity index (χ1) is 7.68. The Morgan fingerprint density at radius 2 is 1.88 bits per heavy atom. The number of esters is 1. The van der Waals surface area contributed by atoms with E-state index in [1.165, 1.54) is 14.0 Å². The average molecular weight is 246 g/mol. The van der Waals surface area contributed by atoms with Crippen molar-refractivity contribution in [2.24, 2.45) is 11.1 Å². The minimum absolute atomic E-state index is 0.0395. The highest BCUT2D eigenvalue weighted by atomic mass is 16.5. The molecule has 0 radical (unpaired) electrons. The van der Waals surface area contributed by atoms with Gasteiger partial charge in [0.2, 0.25) is 0 Å². The molecule has 0 fully saturated rings. The van der Waals surface area contributed by atoms with E-state index < -0.39 is 11.6 Å². The zero-order chi connectivity index (χ0) is 13.7. The van der Waals surface area contributed by atoms with Gasteiger partial charge in [0.1, 0.15) is 0 Å². The quantitative estimate of drug-likeness (QED) is 0.628. The zero-order valence-corrected chi connectivity index (χ0v) is 11.6. The number of nitrogens with two attached hydrogens (primary N) is 1. The van der Waals surface area contributed by atoms with Gasteiger partial charge in [0.15, 0.2) is 5.60 Å². The minimum atomic E-state index is -1.48. The largest absolute Gasteiger partial charge is 0.467 e. The molecule has 0 heterocycles. The van der Waals surface area contributed by atoms with Crippen LogP contribution < -0.4 is 5.73 Å². The molecule has 102 valence electrons. The van der Waals surface area contributed by atoms with Gasteiger partial charge in [-0.3, -0.25) is 4.90 Å². The fourth-order valence-electron chi connectivity index (χ4n) is 1.67. The number of hydrogen-bond acceptors (Lipinski definition) is 5. The molecule has 0 aromatic rings. The van der Waals surface area contributed by atoms with Crippen LogP contribution in [0.15, 0.2) is 0 Å². The minimum Gasteiger partial charge on any atom is -0.467 e. The van der Waals surface area contributed by atoms with Crippen molar-refractivity contribution in [3.8, 4) is 0 Å². The van der Waals surface area contributed by atoms with Crippen LogP contribution in [0, 0.1) is 5.41 Å². The van der Waals surface area contributed by atoms with Crippen LogP contribution in [0.3, 0.4) is 0 Å². The van der Waals surface area contributed by atoms with E-state index in [2.05, 4.69) is 18.6 Å². The molecule has 0 aromatic heterocycles. The van der Waals surface area contributed by atoms with Gasteiger partial charge in [-0.2, -0.15) is 0 Å². The monoisotopic (exact) mass is 246 g/mol. The summed E-state index contributed by atoms with van der Waals surface area (Å²) in [5, 5.41) is 10.0. The lowest BCUT2D eigenvalue weighted by molar-refractivity contribution is -0.162. The second kappa shape index (κ2) is 6.33. The molecular weight excluding hydrogens is 220 g/mol. The fraction of sp³-hybridized carbons (Fsp3) is 0.917. The fourth-order valence-corrected chi connectivity index (χ4v) is 1.67. The number of methoxy groups -OCH3 is 1. The molecule has 5 heteroatoms. The second-order valence-corrected chi connectivity index (χ2v) is 5.44. The maximum absolute atomic E-state index is 11.4. The standard InChI is InChI=1S/C12H26N2O3/c1-6-14(8-11(2,3)7-13)9-12(4,16)10(15)17-5/h16H,6-9,13H2,1-5H3. The van der Waals surface area contributed by atoms with Crippen molar-refractivity contribution in [1.29, 1.82) is 0 Å². The van der Waals surface area contributed by atoms with Gasteiger partial charge in [0, 0.05) is 13.1 Å². The van der Waals surface area contributed by atoms with Crippen molar-refractivity contribution < 1.29 is 14.6 Å². The van der Waals surface area contributed by atoms with Crippen LogP contribution >= 0.6 is 0 Å². The number of carbonyl (C=O) groups is 1. The molecule has 0 saturated heterocycles. The first kappa shape index (κ1) is 16.4. The van der Waals surface area contributed by atoms with Gasteiger partial charge in [-0.1, -0.05) is 20.8 Å². The molecule has 0 amide bonds. The molecule has 0 spiro atoms. The molecule has 0 aliphatic rings. The molecule has 1 unspecified atom stereocenters. The van der Waals surface area contributed by atoms with E-state index in [-0.39, 0.29) is 12.0 Å². The van der Waals surface area contributed by atoms with E-state index >= 15 is 0 Å². The first-order valence-electron chi connectivity index (χ1n) is 5.91. The summed E-state index contributed by atoms with van der Waals surface area (Å²) in [5.74, 6) is -0.610. The summed E-state index contributed by atoms with van der Waals surface area (Å²) in [6.45, 7) is 9.86. The van der Waals surface area contributed by atoms with Gasteiger partial charge in [0.05, 0.1) is 7.11 Å². The summed E-state index contributed by atoms with van der Waals surface area (Å²) in [6, 6.07) is 0. The number of nitrogens with zero attached hydrogens (tertiary/aromatic N) is 1. The third-order valence-corrected chi connectivity index (χ3v) is 2.81. The van der Waals surface area contributed by atoms with E-state index in [0.717, 1.165) is 13.1 Å². The lowest BCUT2D eigenvalue weighted by Crippen LogP contribution is -2.50. The van der Waals surface area contributed by atoms with Crippen molar-refractivity contribution in [3.63, 3.8) is 0 Å². The molecule has 0 aliphatic heterocycles. The molecule has 5 nitrogen and oxygen atoms in total. The van der Waals surface area contributed by atoms with Gasteiger partial charge in [0.25, 0.3) is 0 Å². The normalized spacial score (nSPS) is 15.8. The topological polar surface area (TPSA) is 75.8 Å². The Labute approximate surface area is 104 Å². The summed E-state index contributed by atoms with van der Waals surface area (Å²) in [5.41, 5.74) is 4.16. The van der Waals surface area contributed by atoms with Crippen molar-refractivity contribution in [3.05, 3.63) is 0 Å². The van der Waals surface area contributed by atoms with E-state index in [1.807, 2.05) is 11.8 Å². The van der Waals surface area contributed by atoms with Crippen LogP contribution in [-0.4, -0.2) is 54.9 Å². The Morgan fingerprint density at radius 3 is 2.24 bits per heavy atom. The van der Waals surface area contributed by atoms with Gasteiger partial charge in [-0.25, -0.2) is 4.79 Å². The molecule has 0 bridgehead atoms. The van der Waals surface area contributed by atoms with Crippen molar-refractivity contribution in [1.82, 2.24) is 4.90 Å². The summed E-state index contributed by atoms with van der Waals surface area (Å²) < 4.78 is 4.58. The Hall–Kier alpha value is -0.650. The predicted molar refractivity (Wildman–Crippen MR) is 67.6 cm³/mol. The summed E-state index contributed by atoms with van der Waals surface area (Å²) in [6.07, 6.45) is 0. The van der Waals surface area contributed by atoms with E-state index in [4.69, 9.17) is 5.73 Å². The highest BCUT2D eigenvalue weighted by Gasteiger charge is 2.34. The van der Waals surface area contributed by atoms with Crippen LogP contribution in [0.5, 0.6) is 0 Å². The predicted octanol–water partition coefficient (Wildman–Crippen LogP) is 0.217. The molecule has 3 N–H and O–H groups in total. The van der Waals surface area contributed by atoms with Crippen LogP contribution in [0.1, 0.15) is 27.7 Å². The highest BCUT2D eigenvalue weighted by molar-refractivity contribution is 5.78. The number of aliphatic hydroxyl groups is 1. The van der Waals surface area contributed by atoms with Crippen LogP contribution in [0.2, 0.25) is 0 Å². The van der Waals surface area contributed by atoms with E-state index in [1.54, 1.807) is 0 Å². The third kappa shape index (κ3) is 5.48. The number of rotatable bonds is 7. The van der Waals surface area contributed by atoms with Crippen molar-refractivity contribution in [2.45, 2.75) is 33.3 Å². The van der Waals surface area contributed by atoms with Crippen molar-refractivity contribution >= 4 is 5.97 Å². The maximum Gasteiger partial charge on any atom is 0.338 e. The molecule has 17 heavy (non-hydrogen) atoms. The lowest BCUT2D eigenvalue weighted by atomic mass is 9.92. The molecule has 0 aromatic carbocycles. The van der Waals surface area contributed by atoms with E-state index in [0.29, 0.717) is 6.54 Å². The molecule has 0 rings (SSSR count). The van der Waals surface area contributed by atoms with Crippen LogP contribution in [0.25, 0.3) is 0 Å². The Balaban J connectivity index is 4.55. The lowest BCUT2D eigenvalue weighted by Gasteiger charge is -2.34. The maximum atomic E-state index is 11.4. The number of hydrogen-bond donors (Lipinski definition) is 2. The van der Waals surface area contributed by atoms with Crippen LogP contribution in [-0.2, 0) is 9.53 Å². The molecule has 0 aliphatic carbocycles. The molecular formula is C12H26N2O3. The highest BCUT2D eigenvalue weighted by Crippen LogP contribution is 2.17. The Bertz CT molecular complexity index is 252. The molecule has 1 atom stereocenters. The smallest absolute Gasteiger partial charge is 0.338 e. The number of ether oxygens (including phenoxy) is 1. The summed E-state index contributed by atoms with van der Waals surface area (Å²) in [7, 11) is 1.27. The van der Waals surface area contributed by atoms with Gasteiger partial charge >= 0.3 is 5.97 Å². The first-order valence-corrected chi connectivity index (χ1v) is 5.91. The molecule has 0 saturated carbocycles. The van der Waals surface area contributed by atoms with Gasteiger partial charge < -0.3 is 15.6 Å². The number of carbonyl (C=O) groups excluding carboxylic acids is 1.